The first-order valence-corrected chi connectivity index (χ1v) is 4.70. The Morgan fingerprint density at radius 1 is 1.60 bits per heavy atom. The Balaban J connectivity index is 3.09. The first-order chi connectivity index (χ1) is 4.67. The largest absolute Gasteiger partial charge is 0.351 e. The highest BCUT2D eigenvalue weighted by atomic mass is 79.9. The molecule has 0 spiro atoms. The van der Waals surface area contributed by atoms with Gasteiger partial charge in [-0.1, -0.05) is 0 Å². The van der Waals surface area contributed by atoms with Crippen LogP contribution in [0.1, 0.15) is 0 Å². The van der Waals surface area contributed by atoms with Crippen molar-refractivity contribution in [1.82, 2.24) is 8.73 Å². The summed E-state index contributed by atoms with van der Waals surface area (Å²) in [4.78, 5) is 2.55. The minimum atomic E-state index is -3.34. The van der Waals surface area contributed by atoms with E-state index < -0.39 is 10.0 Å². The van der Waals surface area contributed by atoms with Gasteiger partial charge in [0.1, 0.15) is 5.03 Å². The molecule has 0 fully saturated rings. The Hall–Kier alpha value is -0.330. The van der Waals surface area contributed by atoms with Crippen molar-refractivity contribution in [1.29, 1.82) is 0 Å². The van der Waals surface area contributed by atoms with Crippen LogP contribution in [0.15, 0.2) is 23.4 Å². The van der Waals surface area contributed by atoms with Crippen molar-refractivity contribution in [2.75, 3.05) is 0 Å². The lowest BCUT2D eigenvalue weighted by atomic mass is 10.7. The van der Waals surface area contributed by atoms with E-state index in [2.05, 4.69) is 21.1 Å². The lowest BCUT2D eigenvalue weighted by molar-refractivity contribution is 0.592. The molecular formula is C4H5BrN2O2S. The maximum atomic E-state index is 10.9. The number of aromatic amines is 1. The predicted molar refractivity (Wildman–Crippen MR) is 40.0 cm³/mol. The first-order valence-electron chi connectivity index (χ1n) is 2.42. The fourth-order valence-corrected chi connectivity index (χ4v) is 1.61. The third-order valence-corrected chi connectivity index (χ3v) is 3.28. The number of aromatic nitrogens is 1. The quantitative estimate of drug-likeness (QED) is 0.724. The normalized spacial score (nSPS) is 11.7. The topological polar surface area (TPSA) is 62.0 Å². The molecule has 0 amide bonds. The fourth-order valence-electron chi connectivity index (χ4n) is 0.523. The van der Waals surface area contributed by atoms with E-state index in [1.807, 2.05) is 3.75 Å². The van der Waals surface area contributed by atoms with Crippen LogP contribution in [0.25, 0.3) is 0 Å². The second-order valence-electron chi connectivity index (χ2n) is 1.61. The zero-order chi connectivity index (χ0) is 7.61. The molecule has 0 saturated heterocycles. The van der Waals surface area contributed by atoms with Gasteiger partial charge in [-0.15, -0.1) is 3.75 Å². The van der Waals surface area contributed by atoms with Gasteiger partial charge >= 0.3 is 0 Å². The van der Waals surface area contributed by atoms with Crippen LogP contribution in [-0.2, 0) is 10.0 Å². The summed E-state index contributed by atoms with van der Waals surface area (Å²) in [5, 5.41) is 0.143. The lowest BCUT2D eigenvalue weighted by Crippen LogP contribution is -2.12. The first kappa shape index (κ1) is 7.77. The van der Waals surface area contributed by atoms with Crippen molar-refractivity contribution < 1.29 is 8.42 Å². The molecule has 1 heterocycles. The van der Waals surface area contributed by atoms with Crippen LogP contribution in [0.4, 0.5) is 0 Å². The van der Waals surface area contributed by atoms with Crippen LogP contribution in [0.2, 0.25) is 0 Å². The summed E-state index contributed by atoms with van der Waals surface area (Å²) in [6.07, 6.45) is 1.54. The minimum Gasteiger partial charge on any atom is -0.351 e. The van der Waals surface area contributed by atoms with E-state index in [1.54, 1.807) is 6.07 Å². The molecule has 0 saturated carbocycles. The van der Waals surface area contributed by atoms with Gasteiger partial charge in [0.15, 0.2) is 0 Å². The van der Waals surface area contributed by atoms with Gasteiger partial charge in [-0.2, -0.15) is 0 Å². The average molecular weight is 225 g/mol. The highest BCUT2D eigenvalue weighted by Crippen LogP contribution is 2.04. The monoisotopic (exact) mass is 224 g/mol. The molecule has 0 bridgehead atoms. The highest BCUT2D eigenvalue weighted by Gasteiger charge is 2.11. The third-order valence-electron chi connectivity index (χ3n) is 0.961. The van der Waals surface area contributed by atoms with Gasteiger partial charge in [-0.05, 0) is 12.1 Å². The smallest absolute Gasteiger partial charge is 0.265 e. The molecule has 4 nitrogen and oxygen atoms in total. The Labute approximate surface area is 67.0 Å². The maximum absolute atomic E-state index is 10.9. The predicted octanol–water partition coefficient (Wildman–Crippen LogP) is 0.603. The molecule has 2 N–H and O–H groups in total. The summed E-state index contributed by atoms with van der Waals surface area (Å²) in [6, 6.07) is 3.07. The Morgan fingerprint density at radius 2 is 2.30 bits per heavy atom. The minimum absolute atomic E-state index is 0.143. The van der Waals surface area contributed by atoms with Gasteiger partial charge in [-0.25, -0.2) is 8.42 Å². The Morgan fingerprint density at radius 3 is 2.70 bits per heavy atom. The van der Waals surface area contributed by atoms with E-state index in [-0.39, 0.29) is 5.03 Å². The number of sulfonamides is 1. The molecule has 56 valence electrons. The summed E-state index contributed by atoms with van der Waals surface area (Å²) in [5.74, 6) is 0. The van der Waals surface area contributed by atoms with Crippen molar-refractivity contribution in [3.05, 3.63) is 18.3 Å². The van der Waals surface area contributed by atoms with E-state index >= 15 is 0 Å². The third kappa shape index (κ3) is 1.39. The molecule has 0 unspecified atom stereocenters. The number of H-pyrrole nitrogens is 1. The van der Waals surface area contributed by atoms with E-state index in [1.165, 1.54) is 12.3 Å². The van der Waals surface area contributed by atoms with E-state index in [4.69, 9.17) is 0 Å². The average Bonchev–Trinajstić information content (AvgIpc) is 2.38. The molecule has 0 aromatic carbocycles. The highest BCUT2D eigenvalue weighted by molar-refractivity contribution is 9.09. The van der Waals surface area contributed by atoms with Crippen molar-refractivity contribution in [2.45, 2.75) is 5.03 Å². The van der Waals surface area contributed by atoms with Gasteiger partial charge in [0.25, 0.3) is 10.0 Å². The Kier molecular flexibility index (Phi) is 2.12. The van der Waals surface area contributed by atoms with Crippen LogP contribution in [0.5, 0.6) is 0 Å². The summed E-state index contributed by atoms with van der Waals surface area (Å²) >= 11 is 2.63. The maximum Gasteiger partial charge on any atom is 0.265 e. The number of hydrogen-bond acceptors (Lipinski definition) is 2. The number of rotatable bonds is 2. The molecule has 0 atom stereocenters. The lowest BCUT2D eigenvalue weighted by Gasteiger charge is -1.94. The van der Waals surface area contributed by atoms with Gasteiger partial charge in [0.05, 0.1) is 0 Å². The van der Waals surface area contributed by atoms with Crippen molar-refractivity contribution in [3.8, 4) is 0 Å². The van der Waals surface area contributed by atoms with Gasteiger partial charge in [0.2, 0.25) is 0 Å². The van der Waals surface area contributed by atoms with Crippen molar-refractivity contribution in [3.63, 3.8) is 0 Å². The molecule has 0 aliphatic rings. The molecule has 0 radical (unpaired) electrons. The SMILES string of the molecule is O=S(=O)(NBr)c1ccc[nH]1. The molecule has 6 heteroatoms. The molecule has 0 aliphatic heterocycles. The van der Waals surface area contributed by atoms with Gasteiger partial charge < -0.3 is 4.98 Å². The zero-order valence-corrected chi connectivity index (χ0v) is 7.24. The number of halogens is 1. The second-order valence-corrected chi connectivity index (χ2v) is 4.19. The summed E-state index contributed by atoms with van der Waals surface area (Å²) < 4.78 is 23.7. The van der Waals surface area contributed by atoms with E-state index in [0.717, 1.165) is 0 Å². The molecular weight excluding hydrogens is 220 g/mol. The van der Waals surface area contributed by atoms with Crippen LogP contribution in [-0.4, -0.2) is 13.4 Å². The van der Waals surface area contributed by atoms with Crippen molar-refractivity contribution >= 4 is 26.2 Å². The zero-order valence-electron chi connectivity index (χ0n) is 4.83. The second kappa shape index (κ2) is 2.73. The summed E-state index contributed by atoms with van der Waals surface area (Å²) in [7, 11) is -3.34. The van der Waals surface area contributed by atoms with Crippen LogP contribution in [0.3, 0.4) is 0 Å². The van der Waals surface area contributed by atoms with Gasteiger partial charge in [0, 0.05) is 22.3 Å². The van der Waals surface area contributed by atoms with Crippen LogP contribution >= 0.6 is 16.1 Å². The summed E-state index contributed by atoms with van der Waals surface area (Å²) in [6.45, 7) is 0. The number of hydrogen-bond donors (Lipinski definition) is 2. The number of nitrogens with one attached hydrogen (secondary N) is 2. The molecule has 10 heavy (non-hydrogen) atoms. The van der Waals surface area contributed by atoms with E-state index in [9.17, 15) is 8.42 Å². The van der Waals surface area contributed by atoms with Crippen LogP contribution in [0, 0.1) is 0 Å². The van der Waals surface area contributed by atoms with Gasteiger partial charge in [-0.3, -0.25) is 0 Å². The van der Waals surface area contributed by atoms with Crippen LogP contribution < -0.4 is 3.75 Å². The molecule has 1 aromatic rings. The molecule has 1 rings (SSSR count). The standard InChI is InChI=1S/C4H5BrN2O2S/c5-7-10(8,9)4-2-1-3-6-4/h1-3,6-7H. The fraction of sp³-hybridized carbons (Fsp3) is 0. The summed E-state index contributed by atoms with van der Waals surface area (Å²) in [5.41, 5.74) is 0. The Bertz CT molecular complexity index is 291. The van der Waals surface area contributed by atoms with Crippen molar-refractivity contribution in [2.24, 2.45) is 0 Å². The molecule has 1 aromatic heterocycles. The van der Waals surface area contributed by atoms with E-state index in [0.29, 0.717) is 0 Å². The molecule has 0 aliphatic carbocycles.